The molecular formula is C19H24N2OS. The van der Waals surface area contributed by atoms with Gasteiger partial charge in [0.25, 0.3) is 0 Å². The summed E-state index contributed by atoms with van der Waals surface area (Å²) in [4.78, 5) is 20.0. The fourth-order valence-corrected chi connectivity index (χ4v) is 2.85. The summed E-state index contributed by atoms with van der Waals surface area (Å²) < 4.78 is 0. The fraction of sp³-hybridized carbons (Fsp3) is 0.368. The van der Waals surface area contributed by atoms with Crippen LogP contribution in [0.25, 0.3) is 0 Å². The molecule has 4 heteroatoms. The second-order valence-electron chi connectivity index (χ2n) is 5.85. The summed E-state index contributed by atoms with van der Waals surface area (Å²) >= 11 is 1.71. The van der Waals surface area contributed by atoms with E-state index < -0.39 is 0 Å². The van der Waals surface area contributed by atoms with Crippen LogP contribution in [0.1, 0.15) is 23.7 Å². The van der Waals surface area contributed by atoms with Crippen LogP contribution in [0.3, 0.4) is 0 Å². The molecule has 2 rings (SSSR count). The van der Waals surface area contributed by atoms with Crippen LogP contribution in [0.4, 0.5) is 0 Å². The van der Waals surface area contributed by atoms with Crippen LogP contribution in [0.15, 0.2) is 47.5 Å². The predicted molar refractivity (Wildman–Crippen MR) is 96.8 cm³/mol. The molecule has 3 nitrogen and oxygen atoms in total. The minimum Gasteiger partial charge on any atom is -0.342 e. The van der Waals surface area contributed by atoms with Crippen LogP contribution in [0.5, 0.6) is 0 Å². The second-order valence-corrected chi connectivity index (χ2v) is 6.73. The highest BCUT2D eigenvalue weighted by Gasteiger charge is 2.17. The molecule has 0 saturated heterocycles. The lowest BCUT2D eigenvalue weighted by atomic mass is 10.1. The van der Waals surface area contributed by atoms with Crippen molar-refractivity contribution in [3.8, 4) is 0 Å². The Balaban J connectivity index is 1.96. The van der Waals surface area contributed by atoms with Crippen molar-refractivity contribution in [1.82, 2.24) is 9.88 Å². The number of benzene rings is 1. The fourth-order valence-electron chi connectivity index (χ4n) is 2.44. The summed E-state index contributed by atoms with van der Waals surface area (Å²) in [7, 11) is 1.88. The SMILES string of the molecule is CSc1ccc(CC(=O)N(C)[C@H](C)Cc2ncccc2C)cc1. The molecule has 1 atom stereocenters. The van der Waals surface area contributed by atoms with Crippen molar-refractivity contribution >= 4 is 17.7 Å². The highest BCUT2D eigenvalue weighted by molar-refractivity contribution is 7.98. The maximum absolute atomic E-state index is 12.5. The van der Waals surface area contributed by atoms with Gasteiger partial charge in [0.15, 0.2) is 0 Å². The molecule has 0 spiro atoms. The smallest absolute Gasteiger partial charge is 0.226 e. The minimum absolute atomic E-state index is 0.126. The lowest BCUT2D eigenvalue weighted by Crippen LogP contribution is -2.37. The predicted octanol–water partition coefficient (Wildman–Crippen LogP) is 3.74. The third-order valence-corrected chi connectivity index (χ3v) is 4.92. The molecule has 0 aliphatic heterocycles. The molecule has 122 valence electrons. The summed E-state index contributed by atoms with van der Waals surface area (Å²) in [5.41, 5.74) is 3.29. The van der Waals surface area contributed by atoms with Crippen LogP contribution in [0.2, 0.25) is 0 Å². The van der Waals surface area contributed by atoms with Gasteiger partial charge in [-0.2, -0.15) is 0 Å². The summed E-state index contributed by atoms with van der Waals surface area (Å²) in [6, 6.07) is 12.3. The number of aromatic nitrogens is 1. The Morgan fingerprint density at radius 2 is 1.96 bits per heavy atom. The number of hydrogen-bond acceptors (Lipinski definition) is 3. The van der Waals surface area contributed by atoms with Gasteiger partial charge in [-0.15, -0.1) is 11.8 Å². The van der Waals surface area contributed by atoms with Crippen molar-refractivity contribution in [2.45, 2.75) is 37.6 Å². The molecule has 0 unspecified atom stereocenters. The van der Waals surface area contributed by atoms with E-state index in [1.165, 1.54) is 10.5 Å². The summed E-state index contributed by atoms with van der Waals surface area (Å²) in [6.45, 7) is 4.13. The van der Waals surface area contributed by atoms with E-state index in [2.05, 4.69) is 43.3 Å². The lowest BCUT2D eigenvalue weighted by Gasteiger charge is -2.25. The molecule has 23 heavy (non-hydrogen) atoms. The minimum atomic E-state index is 0.126. The Kier molecular flexibility index (Phi) is 6.22. The molecule has 0 fully saturated rings. The normalized spacial score (nSPS) is 12.0. The Bertz CT molecular complexity index is 655. The highest BCUT2D eigenvalue weighted by atomic mass is 32.2. The number of pyridine rings is 1. The number of likely N-dealkylation sites (N-methyl/N-ethyl adjacent to an activating group) is 1. The van der Waals surface area contributed by atoms with E-state index in [0.29, 0.717) is 6.42 Å². The first-order chi connectivity index (χ1) is 11.0. The largest absolute Gasteiger partial charge is 0.342 e. The standard InChI is InChI=1S/C19H24N2OS/c1-14-6-5-11-20-18(14)12-15(2)21(3)19(22)13-16-7-9-17(23-4)10-8-16/h5-11,15H,12-13H2,1-4H3/t15-/m1/s1. The van der Waals surface area contributed by atoms with Crippen molar-refractivity contribution in [2.24, 2.45) is 0 Å². The van der Waals surface area contributed by atoms with Gasteiger partial charge >= 0.3 is 0 Å². The van der Waals surface area contributed by atoms with Gasteiger partial charge in [0.1, 0.15) is 0 Å². The first-order valence-electron chi connectivity index (χ1n) is 7.80. The molecule has 0 radical (unpaired) electrons. The first-order valence-corrected chi connectivity index (χ1v) is 9.03. The average Bonchev–Trinajstić information content (AvgIpc) is 2.56. The van der Waals surface area contributed by atoms with Gasteiger partial charge in [0.2, 0.25) is 5.91 Å². The number of thioether (sulfide) groups is 1. The lowest BCUT2D eigenvalue weighted by molar-refractivity contribution is -0.130. The van der Waals surface area contributed by atoms with Gasteiger partial charge < -0.3 is 4.90 Å². The zero-order valence-corrected chi connectivity index (χ0v) is 15.1. The average molecular weight is 328 g/mol. The Hall–Kier alpha value is -1.81. The van der Waals surface area contributed by atoms with E-state index in [-0.39, 0.29) is 11.9 Å². The van der Waals surface area contributed by atoms with Crippen molar-refractivity contribution < 1.29 is 4.79 Å². The molecule has 0 aliphatic carbocycles. The van der Waals surface area contributed by atoms with Gasteiger partial charge in [-0.3, -0.25) is 9.78 Å². The molecule has 1 heterocycles. The highest BCUT2D eigenvalue weighted by Crippen LogP contribution is 2.16. The molecule has 0 N–H and O–H groups in total. The van der Waals surface area contributed by atoms with Crippen molar-refractivity contribution in [1.29, 1.82) is 0 Å². The molecule has 1 aromatic carbocycles. The first kappa shape index (κ1) is 17.5. The number of hydrogen-bond donors (Lipinski definition) is 0. The number of carbonyl (C=O) groups is 1. The molecule has 0 bridgehead atoms. The number of carbonyl (C=O) groups excluding carboxylic acids is 1. The quantitative estimate of drug-likeness (QED) is 0.757. The van der Waals surface area contributed by atoms with Crippen LogP contribution in [-0.4, -0.2) is 35.1 Å². The van der Waals surface area contributed by atoms with E-state index in [4.69, 9.17) is 0 Å². The summed E-state index contributed by atoms with van der Waals surface area (Å²) in [5, 5.41) is 0. The van der Waals surface area contributed by atoms with Crippen LogP contribution >= 0.6 is 11.8 Å². The Morgan fingerprint density at radius 1 is 1.26 bits per heavy atom. The number of amides is 1. The van der Waals surface area contributed by atoms with Gasteiger partial charge in [-0.05, 0) is 49.4 Å². The van der Waals surface area contributed by atoms with Crippen LogP contribution < -0.4 is 0 Å². The summed E-state index contributed by atoms with van der Waals surface area (Å²) in [6.07, 6.45) is 5.08. The third kappa shape index (κ3) is 4.83. The van der Waals surface area contributed by atoms with Crippen molar-refractivity contribution in [3.63, 3.8) is 0 Å². The molecule has 0 saturated carbocycles. The van der Waals surface area contributed by atoms with Gasteiger partial charge in [0.05, 0.1) is 6.42 Å². The monoisotopic (exact) mass is 328 g/mol. The van der Waals surface area contributed by atoms with Crippen LogP contribution in [-0.2, 0) is 17.6 Å². The number of rotatable bonds is 6. The number of aryl methyl sites for hydroxylation is 1. The van der Waals surface area contributed by atoms with Crippen molar-refractivity contribution in [2.75, 3.05) is 13.3 Å². The number of nitrogens with zero attached hydrogens (tertiary/aromatic N) is 2. The van der Waals surface area contributed by atoms with Gasteiger partial charge in [-0.1, -0.05) is 18.2 Å². The van der Waals surface area contributed by atoms with E-state index in [1.54, 1.807) is 11.8 Å². The van der Waals surface area contributed by atoms with Gasteiger partial charge in [0, 0.05) is 36.3 Å². The third-order valence-electron chi connectivity index (χ3n) is 4.18. The van der Waals surface area contributed by atoms with E-state index in [9.17, 15) is 4.79 Å². The van der Waals surface area contributed by atoms with Gasteiger partial charge in [-0.25, -0.2) is 0 Å². The topological polar surface area (TPSA) is 33.2 Å². The van der Waals surface area contributed by atoms with Crippen LogP contribution in [0, 0.1) is 6.92 Å². The zero-order chi connectivity index (χ0) is 16.8. The van der Waals surface area contributed by atoms with Crippen molar-refractivity contribution in [3.05, 3.63) is 59.4 Å². The molecular weight excluding hydrogens is 304 g/mol. The Labute approximate surface area is 143 Å². The van der Waals surface area contributed by atoms with E-state index in [0.717, 1.165) is 17.7 Å². The molecule has 2 aromatic rings. The zero-order valence-electron chi connectivity index (χ0n) is 14.2. The Morgan fingerprint density at radius 3 is 2.57 bits per heavy atom. The molecule has 1 aromatic heterocycles. The summed E-state index contributed by atoms with van der Waals surface area (Å²) in [5.74, 6) is 0.142. The maximum atomic E-state index is 12.5. The van der Waals surface area contributed by atoms with E-state index in [1.807, 2.05) is 36.3 Å². The maximum Gasteiger partial charge on any atom is 0.226 e. The molecule has 1 amide bonds. The van der Waals surface area contributed by atoms with E-state index >= 15 is 0 Å². The molecule has 0 aliphatic rings. The second kappa shape index (κ2) is 8.16.